The molecule has 0 amide bonds. The van der Waals surface area contributed by atoms with Crippen LogP contribution in [0.4, 0.5) is 5.69 Å². The molecule has 1 heterocycles. The van der Waals surface area contributed by atoms with Gasteiger partial charge in [-0.3, -0.25) is 4.79 Å². The molecule has 3 nitrogen and oxygen atoms in total. The van der Waals surface area contributed by atoms with Crippen molar-refractivity contribution in [1.82, 2.24) is 0 Å². The Hall–Kier alpha value is -1.16. The number of thioether (sulfide) groups is 1. The van der Waals surface area contributed by atoms with E-state index in [1.165, 1.54) is 17.3 Å². The summed E-state index contributed by atoms with van der Waals surface area (Å²) in [5.74, 6) is -0.739. The van der Waals surface area contributed by atoms with Crippen LogP contribution in [0.2, 0.25) is 0 Å². The van der Waals surface area contributed by atoms with Gasteiger partial charge in [0, 0.05) is 18.0 Å². The quantitative estimate of drug-likeness (QED) is 0.814. The molecule has 2 atom stereocenters. The van der Waals surface area contributed by atoms with Gasteiger partial charge in [-0.2, -0.15) is 0 Å². The highest BCUT2D eigenvalue weighted by Gasteiger charge is 2.35. The zero-order valence-electron chi connectivity index (χ0n) is 9.60. The third-order valence-electron chi connectivity index (χ3n) is 3.10. The number of benzene rings is 1. The lowest BCUT2D eigenvalue weighted by Gasteiger charge is -2.38. The third kappa shape index (κ3) is 1.67. The summed E-state index contributed by atoms with van der Waals surface area (Å²) < 4.78 is 0. The van der Waals surface area contributed by atoms with E-state index in [2.05, 4.69) is 17.9 Å². The van der Waals surface area contributed by atoms with Gasteiger partial charge in [0.2, 0.25) is 0 Å². The van der Waals surface area contributed by atoms with Crippen molar-refractivity contribution in [3.63, 3.8) is 0 Å². The molecule has 0 bridgehead atoms. The number of fused-ring (bicyclic) bond motifs is 1. The molecule has 1 aromatic carbocycles. The van der Waals surface area contributed by atoms with E-state index in [-0.39, 0.29) is 11.3 Å². The van der Waals surface area contributed by atoms with Crippen LogP contribution in [0.3, 0.4) is 0 Å². The molecule has 0 radical (unpaired) electrons. The van der Waals surface area contributed by atoms with Crippen LogP contribution < -0.4 is 4.90 Å². The van der Waals surface area contributed by atoms with Crippen molar-refractivity contribution < 1.29 is 9.90 Å². The molecule has 1 aliphatic rings. The van der Waals surface area contributed by atoms with E-state index < -0.39 is 5.97 Å². The summed E-state index contributed by atoms with van der Waals surface area (Å²) in [4.78, 5) is 14.3. The minimum atomic E-state index is -0.739. The van der Waals surface area contributed by atoms with Crippen LogP contribution in [0.5, 0.6) is 0 Å². The van der Waals surface area contributed by atoms with Crippen molar-refractivity contribution in [3.05, 3.63) is 23.8 Å². The number of hydrogen-bond donors (Lipinski definition) is 1. The van der Waals surface area contributed by atoms with Crippen molar-refractivity contribution in [2.24, 2.45) is 0 Å². The summed E-state index contributed by atoms with van der Waals surface area (Å²) in [7, 11) is 1.96. The average Bonchev–Trinajstić information content (AvgIpc) is 2.22. The van der Waals surface area contributed by atoms with Crippen LogP contribution in [0.15, 0.2) is 23.1 Å². The smallest absolute Gasteiger partial charge is 0.319 e. The Morgan fingerprint density at radius 2 is 2.19 bits per heavy atom. The van der Waals surface area contributed by atoms with Crippen LogP contribution in [-0.4, -0.2) is 29.4 Å². The SMILES string of the molecule is Cc1cccc2c1N(C)C(C)C(C(=O)O)S2. The maximum atomic E-state index is 11.2. The standard InChI is InChI=1S/C12H15NO2S/c1-7-5-4-6-9-10(7)13(3)8(2)11(16-9)12(14)15/h4-6,8,11H,1-3H3,(H,14,15). The number of rotatable bonds is 1. The van der Waals surface area contributed by atoms with Crippen LogP contribution in [0, 0.1) is 6.92 Å². The maximum absolute atomic E-state index is 11.2. The lowest BCUT2D eigenvalue weighted by atomic mass is 10.1. The van der Waals surface area contributed by atoms with E-state index in [9.17, 15) is 9.90 Å². The summed E-state index contributed by atoms with van der Waals surface area (Å²) in [5, 5.41) is 8.78. The van der Waals surface area contributed by atoms with Crippen molar-refractivity contribution in [2.75, 3.05) is 11.9 Å². The zero-order valence-corrected chi connectivity index (χ0v) is 10.4. The summed E-state index contributed by atoms with van der Waals surface area (Å²) in [6, 6.07) is 6.04. The number of aryl methyl sites for hydroxylation is 1. The van der Waals surface area contributed by atoms with Crippen molar-refractivity contribution in [1.29, 1.82) is 0 Å². The number of anilines is 1. The Kier molecular flexibility index (Phi) is 2.84. The molecule has 0 aromatic heterocycles. The highest BCUT2D eigenvalue weighted by molar-refractivity contribution is 8.01. The fourth-order valence-corrected chi connectivity index (χ4v) is 3.41. The molecule has 1 N–H and O–H groups in total. The molecule has 0 saturated heterocycles. The molecule has 2 unspecified atom stereocenters. The first-order chi connectivity index (χ1) is 7.52. The highest BCUT2D eigenvalue weighted by atomic mass is 32.2. The number of carbonyl (C=O) groups is 1. The Morgan fingerprint density at radius 3 is 2.81 bits per heavy atom. The van der Waals surface area contributed by atoms with Gasteiger partial charge in [-0.15, -0.1) is 11.8 Å². The summed E-state index contributed by atoms with van der Waals surface area (Å²) in [6.45, 7) is 4.02. The van der Waals surface area contributed by atoms with Crippen molar-refractivity contribution in [3.8, 4) is 0 Å². The molecular weight excluding hydrogens is 222 g/mol. The van der Waals surface area contributed by atoms with Gasteiger partial charge < -0.3 is 10.0 Å². The van der Waals surface area contributed by atoms with Gasteiger partial charge >= 0.3 is 5.97 Å². The number of para-hydroxylation sites is 1. The fourth-order valence-electron chi connectivity index (χ4n) is 2.08. The van der Waals surface area contributed by atoms with Crippen LogP contribution >= 0.6 is 11.8 Å². The Morgan fingerprint density at radius 1 is 1.50 bits per heavy atom. The molecule has 4 heteroatoms. The number of carboxylic acid groups (broad SMARTS) is 1. The molecule has 0 spiro atoms. The van der Waals surface area contributed by atoms with Gasteiger partial charge in [-0.25, -0.2) is 0 Å². The molecule has 2 rings (SSSR count). The predicted octanol–water partition coefficient (Wildman–Crippen LogP) is 2.38. The van der Waals surface area contributed by atoms with E-state index >= 15 is 0 Å². The Balaban J connectivity index is 2.48. The van der Waals surface area contributed by atoms with E-state index in [1.807, 2.05) is 26.1 Å². The lowest BCUT2D eigenvalue weighted by Crippen LogP contribution is -2.44. The van der Waals surface area contributed by atoms with Gasteiger partial charge in [0.1, 0.15) is 5.25 Å². The van der Waals surface area contributed by atoms with Gasteiger partial charge in [0.05, 0.1) is 5.69 Å². The fraction of sp³-hybridized carbons (Fsp3) is 0.417. The molecule has 1 aromatic rings. The number of hydrogen-bond acceptors (Lipinski definition) is 3. The molecule has 0 saturated carbocycles. The second-order valence-corrected chi connectivity index (χ2v) is 5.33. The van der Waals surface area contributed by atoms with E-state index in [1.54, 1.807) is 0 Å². The first-order valence-electron chi connectivity index (χ1n) is 5.24. The lowest BCUT2D eigenvalue weighted by molar-refractivity contribution is -0.136. The monoisotopic (exact) mass is 237 g/mol. The van der Waals surface area contributed by atoms with Crippen LogP contribution in [0.25, 0.3) is 0 Å². The first kappa shape index (κ1) is 11.3. The van der Waals surface area contributed by atoms with E-state index in [0.29, 0.717) is 0 Å². The Labute approximate surface area is 99.5 Å². The minimum Gasteiger partial charge on any atom is -0.480 e. The second-order valence-electron chi connectivity index (χ2n) is 4.15. The molecule has 16 heavy (non-hydrogen) atoms. The number of carboxylic acids is 1. The van der Waals surface area contributed by atoms with Crippen LogP contribution in [0.1, 0.15) is 12.5 Å². The Bertz CT molecular complexity index is 433. The molecule has 1 aliphatic heterocycles. The topological polar surface area (TPSA) is 40.5 Å². The molecule has 86 valence electrons. The van der Waals surface area contributed by atoms with Crippen LogP contribution in [-0.2, 0) is 4.79 Å². The van der Waals surface area contributed by atoms with E-state index in [4.69, 9.17) is 0 Å². The third-order valence-corrected chi connectivity index (χ3v) is 4.53. The molecule has 0 aliphatic carbocycles. The van der Waals surface area contributed by atoms with Crippen molar-refractivity contribution in [2.45, 2.75) is 30.0 Å². The van der Waals surface area contributed by atoms with Gasteiger partial charge in [0.15, 0.2) is 0 Å². The summed E-state index contributed by atoms with van der Waals surface area (Å²) >= 11 is 1.45. The van der Waals surface area contributed by atoms with Gasteiger partial charge in [-0.1, -0.05) is 12.1 Å². The molecule has 0 fully saturated rings. The van der Waals surface area contributed by atoms with Gasteiger partial charge in [0.25, 0.3) is 0 Å². The maximum Gasteiger partial charge on any atom is 0.319 e. The first-order valence-corrected chi connectivity index (χ1v) is 6.12. The largest absolute Gasteiger partial charge is 0.480 e. The summed E-state index contributed by atoms with van der Waals surface area (Å²) in [6.07, 6.45) is 0. The van der Waals surface area contributed by atoms with Crippen molar-refractivity contribution >= 4 is 23.4 Å². The number of nitrogens with zero attached hydrogens (tertiary/aromatic N) is 1. The summed E-state index contributed by atoms with van der Waals surface area (Å²) in [5.41, 5.74) is 2.36. The predicted molar refractivity (Wildman–Crippen MR) is 66.3 cm³/mol. The normalized spacial score (nSPS) is 24.1. The second kappa shape index (κ2) is 4.01. The highest BCUT2D eigenvalue weighted by Crippen LogP contribution is 2.42. The molecular formula is C12H15NO2S. The average molecular weight is 237 g/mol. The zero-order chi connectivity index (χ0) is 11.9. The van der Waals surface area contributed by atoms with E-state index in [0.717, 1.165) is 10.6 Å². The minimum absolute atomic E-state index is 0.0103. The van der Waals surface area contributed by atoms with Gasteiger partial charge in [-0.05, 0) is 25.5 Å². The number of aliphatic carboxylic acids is 1.